The van der Waals surface area contributed by atoms with Gasteiger partial charge in [0.05, 0.1) is 6.42 Å². The van der Waals surface area contributed by atoms with Crippen LogP contribution < -0.4 is 5.32 Å². The fourth-order valence-corrected chi connectivity index (χ4v) is 4.87. The number of benzene rings is 1. The Hall–Kier alpha value is -3.62. The largest absolute Gasteiger partial charge is 0.481 e. The molecule has 9 heteroatoms. The number of nitrogens with one attached hydrogen (secondary N) is 1. The van der Waals surface area contributed by atoms with Crippen LogP contribution in [0.5, 0.6) is 0 Å². The second kappa shape index (κ2) is 10.4. The molecule has 1 aliphatic rings. The second-order valence-corrected chi connectivity index (χ2v) is 10.5. The summed E-state index contributed by atoms with van der Waals surface area (Å²) < 4.78 is 29.6. The van der Waals surface area contributed by atoms with E-state index < -0.39 is 23.3 Å². The Balaban J connectivity index is 1.49. The smallest absolute Gasteiger partial charge is 0.305 e. The Morgan fingerprint density at radius 2 is 1.81 bits per heavy atom. The number of carboxylic acids is 1. The van der Waals surface area contributed by atoms with Crippen LogP contribution in [0.15, 0.2) is 48.8 Å². The third-order valence-electron chi connectivity index (χ3n) is 6.84. The highest BCUT2D eigenvalue weighted by molar-refractivity contribution is 6.00. The van der Waals surface area contributed by atoms with Crippen molar-refractivity contribution in [1.29, 1.82) is 0 Å². The van der Waals surface area contributed by atoms with E-state index in [2.05, 4.69) is 10.3 Å². The number of aliphatic carboxylic acids is 1. The maximum Gasteiger partial charge on any atom is 0.305 e. The summed E-state index contributed by atoms with van der Waals surface area (Å²) in [6, 6.07) is 10.4. The van der Waals surface area contributed by atoms with Crippen molar-refractivity contribution in [2.45, 2.75) is 70.3 Å². The molecule has 0 bridgehead atoms. The van der Waals surface area contributed by atoms with Gasteiger partial charge in [0.1, 0.15) is 5.65 Å². The number of rotatable bonds is 7. The molecule has 7 nitrogen and oxygen atoms in total. The van der Waals surface area contributed by atoms with Crippen molar-refractivity contribution in [2.75, 3.05) is 0 Å². The fourth-order valence-electron chi connectivity index (χ4n) is 4.87. The zero-order valence-corrected chi connectivity index (χ0v) is 21.0. The summed E-state index contributed by atoms with van der Waals surface area (Å²) in [6.07, 6.45) is 4.58. The van der Waals surface area contributed by atoms with Gasteiger partial charge in [-0.05, 0) is 69.5 Å². The van der Waals surface area contributed by atoms with E-state index in [0.717, 1.165) is 11.1 Å². The van der Waals surface area contributed by atoms with E-state index in [4.69, 9.17) is 5.11 Å². The monoisotopic (exact) mass is 511 g/mol. The number of carboxylic acid groups (broad SMARTS) is 1. The van der Waals surface area contributed by atoms with Crippen LogP contribution in [0.4, 0.5) is 8.78 Å². The van der Waals surface area contributed by atoms with Gasteiger partial charge in [0.2, 0.25) is 5.92 Å². The van der Waals surface area contributed by atoms with Crippen molar-refractivity contribution in [2.24, 2.45) is 5.92 Å². The highest BCUT2D eigenvalue weighted by Gasteiger charge is 2.33. The lowest BCUT2D eigenvalue weighted by Gasteiger charge is -2.24. The number of carbonyl (C=O) groups excluding carboxylic acids is 2. The number of hydrogen-bond donors (Lipinski definition) is 2. The SMILES string of the molecule is CC(C)(CC(=O)O)NC(=O)c1ccc(-n2ccc3cc(C(=O)C4CCCCC(F)(F)CC4)cnc32)cc1. The van der Waals surface area contributed by atoms with Crippen LogP contribution in [0.1, 0.15) is 79.5 Å². The second-order valence-electron chi connectivity index (χ2n) is 10.5. The number of Topliss-reactive ketones (excluding diaryl/α,β-unsaturated/α-hetero) is 1. The molecule has 0 radical (unpaired) electrons. The lowest BCUT2D eigenvalue weighted by atomic mass is 9.85. The highest BCUT2D eigenvalue weighted by atomic mass is 19.3. The summed E-state index contributed by atoms with van der Waals surface area (Å²) in [5.74, 6) is -4.64. The molecule has 196 valence electrons. The van der Waals surface area contributed by atoms with E-state index in [9.17, 15) is 23.2 Å². The Morgan fingerprint density at radius 3 is 2.51 bits per heavy atom. The Kier molecular flexibility index (Phi) is 7.43. The molecule has 1 atom stereocenters. The Morgan fingerprint density at radius 1 is 1.08 bits per heavy atom. The van der Waals surface area contributed by atoms with Crippen molar-refractivity contribution in [3.05, 3.63) is 59.9 Å². The van der Waals surface area contributed by atoms with E-state index in [1.165, 1.54) is 6.20 Å². The molecular formula is C28H31F2N3O4. The van der Waals surface area contributed by atoms with E-state index in [1.54, 1.807) is 44.2 Å². The molecule has 1 amide bonds. The molecule has 0 aliphatic heterocycles. The van der Waals surface area contributed by atoms with Crippen molar-refractivity contribution < 1.29 is 28.3 Å². The van der Waals surface area contributed by atoms with Crippen LogP contribution in [-0.4, -0.2) is 43.8 Å². The first-order valence-corrected chi connectivity index (χ1v) is 12.5. The summed E-state index contributed by atoms with van der Waals surface area (Å²) in [4.78, 5) is 41.2. The molecule has 1 aromatic carbocycles. The first-order chi connectivity index (χ1) is 17.4. The maximum atomic E-state index is 13.9. The molecule has 2 aromatic heterocycles. The zero-order valence-electron chi connectivity index (χ0n) is 21.0. The normalized spacial score (nSPS) is 18.1. The molecule has 1 unspecified atom stereocenters. The fraction of sp³-hybridized carbons (Fsp3) is 0.429. The first-order valence-electron chi connectivity index (χ1n) is 12.5. The number of pyridine rings is 1. The van der Waals surface area contributed by atoms with Gasteiger partial charge in [-0.1, -0.05) is 6.42 Å². The van der Waals surface area contributed by atoms with Crippen molar-refractivity contribution in [1.82, 2.24) is 14.9 Å². The van der Waals surface area contributed by atoms with Gasteiger partial charge in [0.15, 0.2) is 5.78 Å². The maximum absolute atomic E-state index is 13.9. The predicted octanol–water partition coefficient (Wildman–Crippen LogP) is 5.80. The Bertz CT molecular complexity index is 1310. The average Bonchev–Trinajstić information content (AvgIpc) is 3.24. The molecule has 1 aliphatic carbocycles. The van der Waals surface area contributed by atoms with Gasteiger partial charge in [0.25, 0.3) is 5.91 Å². The molecule has 37 heavy (non-hydrogen) atoms. The van der Waals surface area contributed by atoms with Crippen LogP contribution in [0, 0.1) is 5.92 Å². The lowest BCUT2D eigenvalue weighted by Crippen LogP contribution is -2.44. The number of aromatic nitrogens is 2. The van der Waals surface area contributed by atoms with Gasteiger partial charge >= 0.3 is 5.97 Å². The number of carbonyl (C=O) groups is 3. The molecule has 4 rings (SSSR count). The summed E-state index contributed by atoms with van der Waals surface area (Å²) >= 11 is 0. The number of fused-ring (bicyclic) bond motifs is 1. The molecule has 2 heterocycles. The number of ketones is 1. The minimum absolute atomic E-state index is 0.108. The van der Waals surface area contributed by atoms with Crippen LogP contribution in [0.3, 0.4) is 0 Å². The third kappa shape index (κ3) is 6.39. The Labute approximate surface area is 213 Å². The predicted molar refractivity (Wildman–Crippen MR) is 135 cm³/mol. The van der Waals surface area contributed by atoms with Gasteiger partial charge in [-0.3, -0.25) is 14.4 Å². The molecule has 2 N–H and O–H groups in total. The van der Waals surface area contributed by atoms with Crippen molar-refractivity contribution >= 4 is 28.7 Å². The topological polar surface area (TPSA) is 101 Å². The van der Waals surface area contributed by atoms with Crippen LogP contribution in [0.2, 0.25) is 0 Å². The van der Waals surface area contributed by atoms with Crippen molar-refractivity contribution in [3.8, 4) is 5.69 Å². The summed E-state index contributed by atoms with van der Waals surface area (Å²) in [7, 11) is 0. The van der Waals surface area contributed by atoms with Crippen LogP contribution >= 0.6 is 0 Å². The van der Waals surface area contributed by atoms with E-state index in [-0.39, 0.29) is 37.4 Å². The minimum atomic E-state index is -2.71. The van der Waals surface area contributed by atoms with Gasteiger partial charge in [-0.25, -0.2) is 13.8 Å². The zero-order chi connectivity index (χ0) is 26.8. The quantitative estimate of drug-likeness (QED) is 0.391. The molecule has 1 saturated carbocycles. The number of nitrogens with zero attached hydrogens (tertiary/aromatic N) is 2. The standard InChI is InChI=1S/C28H31F2N3O4/c1-27(2,16-23(34)35)32-26(37)19-6-8-22(9-7-19)33-14-11-20-15-21(17-31-25(20)33)24(36)18-5-3-4-12-28(29,30)13-10-18/h6-9,11,14-15,17-18H,3-5,10,12-13,16H2,1-2H3,(H,32,37)(H,34,35). The first kappa shape index (κ1) is 26.4. The summed E-state index contributed by atoms with van der Waals surface area (Å²) in [5, 5.41) is 12.5. The lowest BCUT2D eigenvalue weighted by molar-refractivity contribution is -0.138. The molecule has 1 fully saturated rings. The molecule has 0 saturated heterocycles. The number of alkyl halides is 2. The summed E-state index contributed by atoms with van der Waals surface area (Å²) in [5.41, 5.74) is 1.30. The van der Waals surface area contributed by atoms with Gasteiger partial charge < -0.3 is 15.0 Å². The van der Waals surface area contributed by atoms with E-state index in [1.807, 2.05) is 16.8 Å². The summed E-state index contributed by atoms with van der Waals surface area (Å²) in [6.45, 7) is 3.30. The molecule has 3 aromatic rings. The van der Waals surface area contributed by atoms with Crippen LogP contribution in [-0.2, 0) is 4.79 Å². The average molecular weight is 512 g/mol. The number of hydrogen-bond acceptors (Lipinski definition) is 4. The van der Waals surface area contributed by atoms with Gasteiger partial charge in [-0.15, -0.1) is 0 Å². The van der Waals surface area contributed by atoms with E-state index in [0.29, 0.717) is 36.0 Å². The van der Waals surface area contributed by atoms with Gasteiger partial charge in [-0.2, -0.15) is 0 Å². The number of halogens is 2. The minimum Gasteiger partial charge on any atom is -0.481 e. The molecule has 0 spiro atoms. The number of amides is 1. The third-order valence-corrected chi connectivity index (χ3v) is 6.84. The van der Waals surface area contributed by atoms with E-state index >= 15 is 0 Å². The van der Waals surface area contributed by atoms with Crippen LogP contribution in [0.25, 0.3) is 16.7 Å². The molecular weight excluding hydrogens is 480 g/mol. The highest BCUT2D eigenvalue weighted by Crippen LogP contribution is 2.34. The van der Waals surface area contributed by atoms with Gasteiger partial charge in [0, 0.05) is 58.9 Å². The van der Waals surface area contributed by atoms with Crippen molar-refractivity contribution in [3.63, 3.8) is 0 Å².